The Balaban J connectivity index is 4.49. The van der Waals surface area contributed by atoms with Crippen molar-refractivity contribution in [3.05, 3.63) is 0 Å². The highest BCUT2D eigenvalue weighted by Gasteiger charge is 2.26. The lowest BCUT2D eigenvalue weighted by Crippen LogP contribution is -2.50. The predicted molar refractivity (Wildman–Crippen MR) is 78.5 cm³/mol. The van der Waals surface area contributed by atoms with Gasteiger partial charge in [0.15, 0.2) is 0 Å². The van der Waals surface area contributed by atoms with Crippen molar-refractivity contribution in [1.29, 1.82) is 0 Å². The molecule has 0 bridgehead atoms. The lowest BCUT2D eigenvalue weighted by atomic mass is 9.86. The maximum atomic E-state index is 3.71. The lowest BCUT2D eigenvalue weighted by Gasteiger charge is -2.38. The molecule has 0 aliphatic heterocycles. The van der Waals surface area contributed by atoms with Gasteiger partial charge in [-0.15, -0.1) is 0 Å². The highest BCUT2D eigenvalue weighted by atomic mass is 15.2. The van der Waals surface area contributed by atoms with Crippen LogP contribution in [0.15, 0.2) is 0 Å². The number of nitrogens with one attached hydrogen (secondary N) is 1. The monoisotopic (exact) mass is 242 g/mol. The van der Waals surface area contributed by atoms with Gasteiger partial charge in [-0.05, 0) is 38.3 Å². The van der Waals surface area contributed by atoms with Gasteiger partial charge in [-0.1, -0.05) is 41.5 Å². The van der Waals surface area contributed by atoms with Crippen molar-refractivity contribution in [3.63, 3.8) is 0 Å². The molecular formula is C15H34N2. The normalized spacial score (nSPS) is 16.2. The van der Waals surface area contributed by atoms with Crippen LogP contribution in [-0.4, -0.2) is 36.6 Å². The molecule has 0 radical (unpaired) electrons. The first-order valence-electron chi connectivity index (χ1n) is 7.34. The van der Waals surface area contributed by atoms with E-state index in [9.17, 15) is 0 Å². The maximum Gasteiger partial charge on any atom is 0.0243 e. The second-order valence-corrected chi connectivity index (χ2v) is 6.22. The summed E-state index contributed by atoms with van der Waals surface area (Å²) in [7, 11) is 0. The van der Waals surface area contributed by atoms with Crippen LogP contribution in [0.5, 0.6) is 0 Å². The third kappa shape index (κ3) is 6.42. The molecule has 0 saturated carbocycles. The SMILES string of the molecule is CCCNC(CN(CC)C(C)CC)C(C)(C)C. The van der Waals surface area contributed by atoms with Gasteiger partial charge in [0.1, 0.15) is 0 Å². The molecule has 0 aliphatic carbocycles. The largest absolute Gasteiger partial charge is 0.312 e. The molecule has 0 amide bonds. The summed E-state index contributed by atoms with van der Waals surface area (Å²) in [5, 5.41) is 3.71. The fourth-order valence-corrected chi connectivity index (χ4v) is 2.08. The van der Waals surface area contributed by atoms with Crippen LogP contribution in [0, 0.1) is 5.41 Å². The van der Waals surface area contributed by atoms with E-state index in [1.165, 1.54) is 12.8 Å². The summed E-state index contributed by atoms with van der Waals surface area (Å²) in [4.78, 5) is 2.60. The standard InChI is InChI=1S/C15H34N2/c1-8-11-16-14(15(5,6)7)12-17(10-3)13(4)9-2/h13-14,16H,8-12H2,1-7H3. The van der Waals surface area contributed by atoms with E-state index in [1.54, 1.807) is 0 Å². The van der Waals surface area contributed by atoms with Crippen molar-refractivity contribution in [2.24, 2.45) is 5.41 Å². The first-order chi connectivity index (χ1) is 7.86. The molecule has 2 unspecified atom stereocenters. The Labute approximate surface area is 109 Å². The van der Waals surface area contributed by atoms with Gasteiger partial charge in [0.2, 0.25) is 0 Å². The zero-order valence-corrected chi connectivity index (χ0v) is 13.1. The Morgan fingerprint density at radius 2 is 1.71 bits per heavy atom. The van der Waals surface area contributed by atoms with Crippen LogP contribution in [0.2, 0.25) is 0 Å². The highest BCUT2D eigenvalue weighted by molar-refractivity contribution is 4.84. The van der Waals surface area contributed by atoms with Gasteiger partial charge in [-0.3, -0.25) is 4.90 Å². The van der Waals surface area contributed by atoms with Gasteiger partial charge in [0.05, 0.1) is 0 Å². The van der Waals surface area contributed by atoms with Crippen molar-refractivity contribution >= 4 is 0 Å². The Morgan fingerprint density at radius 1 is 1.12 bits per heavy atom. The van der Waals surface area contributed by atoms with Crippen molar-refractivity contribution < 1.29 is 0 Å². The van der Waals surface area contributed by atoms with Gasteiger partial charge >= 0.3 is 0 Å². The summed E-state index contributed by atoms with van der Waals surface area (Å²) in [5.74, 6) is 0. The summed E-state index contributed by atoms with van der Waals surface area (Å²) in [6, 6.07) is 1.27. The maximum absolute atomic E-state index is 3.71. The Bertz CT molecular complexity index is 184. The highest BCUT2D eigenvalue weighted by Crippen LogP contribution is 2.21. The number of rotatable bonds is 8. The molecule has 1 N–H and O–H groups in total. The molecule has 2 nitrogen and oxygen atoms in total. The molecule has 17 heavy (non-hydrogen) atoms. The summed E-state index contributed by atoms with van der Waals surface area (Å²) < 4.78 is 0. The van der Waals surface area contributed by atoms with E-state index in [0.717, 1.165) is 19.6 Å². The van der Waals surface area contributed by atoms with E-state index < -0.39 is 0 Å². The van der Waals surface area contributed by atoms with E-state index in [0.29, 0.717) is 17.5 Å². The van der Waals surface area contributed by atoms with E-state index in [4.69, 9.17) is 0 Å². The molecule has 0 rings (SSSR count). The van der Waals surface area contributed by atoms with E-state index >= 15 is 0 Å². The average molecular weight is 242 g/mol. The van der Waals surface area contributed by atoms with E-state index in [-0.39, 0.29) is 0 Å². The van der Waals surface area contributed by atoms with Crippen LogP contribution in [0.4, 0.5) is 0 Å². The van der Waals surface area contributed by atoms with Gasteiger partial charge in [-0.25, -0.2) is 0 Å². The van der Waals surface area contributed by atoms with Crippen molar-refractivity contribution in [2.45, 2.75) is 73.4 Å². The fraction of sp³-hybridized carbons (Fsp3) is 1.00. The van der Waals surface area contributed by atoms with Crippen molar-refractivity contribution in [2.75, 3.05) is 19.6 Å². The smallest absolute Gasteiger partial charge is 0.0243 e. The van der Waals surface area contributed by atoms with Crippen molar-refractivity contribution in [3.8, 4) is 0 Å². The van der Waals surface area contributed by atoms with Crippen LogP contribution in [0.3, 0.4) is 0 Å². The Hall–Kier alpha value is -0.0800. The quantitative estimate of drug-likeness (QED) is 0.700. The van der Waals surface area contributed by atoms with Crippen LogP contribution >= 0.6 is 0 Å². The number of likely N-dealkylation sites (N-methyl/N-ethyl adjacent to an activating group) is 1. The fourth-order valence-electron chi connectivity index (χ4n) is 2.08. The molecule has 0 spiro atoms. The van der Waals surface area contributed by atoms with Crippen LogP contribution in [0.25, 0.3) is 0 Å². The topological polar surface area (TPSA) is 15.3 Å². The first kappa shape index (κ1) is 16.9. The van der Waals surface area contributed by atoms with Crippen LogP contribution < -0.4 is 5.32 Å². The van der Waals surface area contributed by atoms with Crippen LogP contribution in [0.1, 0.15) is 61.3 Å². The van der Waals surface area contributed by atoms with E-state index in [2.05, 4.69) is 58.7 Å². The number of nitrogens with zero attached hydrogens (tertiary/aromatic N) is 1. The summed E-state index contributed by atoms with van der Waals surface area (Å²) >= 11 is 0. The molecule has 104 valence electrons. The zero-order chi connectivity index (χ0) is 13.5. The Kier molecular flexibility index (Phi) is 8.06. The zero-order valence-electron chi connectivity index (χ0n) is 13.1. The molecule has 0 aliphatic rings. The first-order valence-corrected chi connectivity index (χ1v) is 7.34. The molecule has 2 atom stereocenters. The Morgan fingerprint density at radius 3 is 2.06 bits per heavy atom. The molecule has 0 aromatic carbocycles. The second kappa shape index (κ2) is 8.10. The summed E-state index contributed by atoms with van der Waals surface area (Å²) in [6.07, 6.45) is 2.44. The minimum atomic E-state index is 0.329. The molecule has 0 aromatic heterocycles. The lowest BCUT2D eigenvalue weighted by molar-refractivity contribution is 0.143. The summed E-state index contributed by atoms with van der Waals surface area (Å²) in [6.45, 7) is 19.6. The third-order valence-electron chi connectivity index (χ3n) is 3.72. The molecule has 0 fully saturated rings. The molecule has 0 heterocycles. The molecular weight excluding hydrogens is 208 g/mol. The van der Waals surface area contributed by atoms with Crippen LogP contribution in [-0.2, 0) is 0 Å². The molecule has 2 heteroatoms. The number of hydrogen-bond donors (Lipinski definition) is 1. The third-order valence-corrected chi connectivity index (χ3v) is 3.72. The van der Waals surface area contributed by atoms with Gasteiger partial charge < -0.3 is 5.32 Å². The van der Waals surface area contributed by atoms with Gasteiger partial charge in [0, 0.05) is 18.6 Å². The minimum absolute atomic E-state index is 0.329. The minimum Gasteiger partial charge on any atom is -0.312 e. The van der Waals surface area contributed by atoms with Gasteiger partial charge in [-0.2, -0.15) is 0 Å². The molecule has 0 saturated heterocycles. The van der Waals surface area contributed by atoms with Crippen molar-refractivity contribution in [1.82, 2.24) is 10.2 Å². The predicted octanol–water partition coefficient (Wildman–Crippen LogP) is 3.52. The summed E-state index contributed by atoms with van der Waals surface area (Å²) in [5.41, 5.74) is 0.329. The van der Waals surface area contributed by atoms with Gasteiger partial charge in [0.25, 0.3) is 0 Å². The number of hydrogen-bond acceptors (Lipinski definition) is 2. The van der Waals surface area contributed by atoms with E-state index in [1.807, 2.05) is 0 Å². The average Bonchev–Trinajstić information content (AvgIpc) is 2.26. The second-order valence-electron chi connectivity index (χ2n) is 6.22. The molecule has 0 aromatic rings.